The van der Waals surface area contributed by atoms with Crippen molar-refractivity contribution in [2.45, 2.75) is 40.9 Å². The van der Waals surface area contributed by atoms with Crippen LogP contribution in [0.2, 0.25) is 5.02 Å². The van der Waals surface area contributed by atoms with Crippen LogP contribution < -0.4 is 0 Å². The van der Waals surface area contributed by atoms with Crippen molar-refractivity contribution in [2.75, 3.05) is 6.61 Å². The predicted octanol–water partition coefficient (Wildman–Crippen LogP) is 2.55. The van der Waals surface area contributed by atoms with Crippen LogP contribution in [0.1, 0.15) is 11.6 Å². The maximum Gasteiger partial charge on any atom is 0.417 e. The monoisotopic (exact) mass is 524 g/mol. The molecule has 0 bridgehead atoms. The second-order valence-electron chi connectivity index (χ2n) is 7.05. The third kappa shape index (κ3) is 4.96. The number of aromatic nitrogens is 4. The van der Waals surface area contributed by atoms with Crippen LogP contribution in [0.4, 0.5) is 13.2 Å². The van der Waals surface area contributed by atoms with E-state index in [1.54, 1.807) is 5.38 Å². The summed E-state index contributed by atoms with van der Waals surface area (Å²) in [6.07, 6.45) is -7.10. The maximum absolute atomic E-state index is 13.0. The number of nitrogens with zero attached hydrogens (tertiary/aromatic N) is 4. The highest BCUT2D eigenvalue weighted by atomic mass is 35.5. The number of ether oxygens (including phenoxy) is 1. The lowest BCUT2D eigenvalue weighted by molar-refractivity contribution is -0.178. The molecule has 0 spiro atoms. The molecule has 33 heavy (non-hydrogen) atoms. The molecule has 178 valence electrons. The zero-order valence-electron chi connectivity index (χ0n) is 16.3. The largest absolute Gasteiger partial charge is 0.486 e. The highest BCUT2D eigenvalue weighted by molar-refractivity contribution is 7.99. The number of thioether (sulfide) groups is 1. The van der Waals surface area contributed by atoms with Gasteiger partial charge in [-0.1, -0.05) is 39.9 Å². The molecule has 3 heterocycles. The Morgan fingerprint density at radius 2 is 1.97 bits per heavy atom. The van der Waals surface area contributed by atoms with E-state index in [1.165, 1.54) is 16.9 Å². The van der Waals surface area contributed by atoms with E-state index in [4.69, 9.17) is 16.3 Å². The third-order valence-corrected chi connectivity index (χ3v) is 7.02. The van der Waals surface area contributed by atoms with Gasteiger partial charge in [0, 0.05) is 10.3 Å². The van der Waals surface area contributed by atoms with Crippen molar-refractivity contribution in [3.63, 3.8) is 0 Å². The standard InChI is InChI=1S/C18H16ClF3N4O5S2/c19-9-3-7(1-2-8(9)18(20,21)22)33-16-15(29)13(14(28)12(5-27)31-16)26-4-10(24-25-26)11-6-32-17(30)23-11/h1-4,6,12-16,27-29H,5H2,(H,23,30)/t12?,13?,14-,15?,16+/m0/s1. The van der Waals surface area contributed by atoms with Gasteiger partial charge in [-0.3, -0.25) is 0 Å². The highest BCUT2D eigenvalue weighted by Crippen LogP contribution is 2.41. The summed E-state index contributed by atoms with van der Waals surface area (Å²) in [5.41, 5.74) is -1.47. The summed E-state index contributed by atoms with van der Waals surface area (Å²) in [5.74, 6) is 0. The number of aliphatic hydroxyl groups is 3. The first-order valence-corrected chi connectivity index (χ1v) is 11.4. The Bertz CT molecular complexity index is 1130. The van der Waals surface area contributed by atoms with Crippen molar-refractivity contribution in [1.82, 2.24) is 20.0 Å². The van der Waals surface area contributed by atoms with E-state index in [-0.39, 0.29) is 15.8 Å². The van der Waals surface area contributed by atoms with Gasteiger partial charge in [-0.15, -0.1) is 5.10 Å². The zero-order valence-corrected chi connectivity index (χ0v) is 18.7. The molecule has 3 unspecified atom stereocenters. The number of hydrogen-bond acceptors (Lipinski definition) is 10. The number of aliphatic hydroxyl groups excluding tert-OH is 3. The van der Waals surface area contributed by atoms with Crippen LogP contribution in [0, 0.1) is 0 Å². The number of thiazole rings is 1. The molecule has 1 aliphatic rings. The van der Waals surface area contributed by atoms with Crippen LogP contribution in [0.15, 0.2) is 34.7 Å². The maximum atomic E-state index is 13.0. The molecule has 9 nitrogen and oxygen atoms in total. The van der Waals surface area contributed by atoms with E-state index in [1.807, 2.05) is 0 Å². The van der Waals surface area contributed by atoms with Crippen LogP contribution in [-0.2, 0) is 10.9 Å². The lowest BCUT2D eigenvalue weighted by Crippen LogP contribution is -2.55. The van der Waals surface area contributed by atoms with Crippen molar-refractivity contribution < 1.29 is 38.3 Å². The fraction of sp³-hybridized carbons (Fsp3) is 0.389. The molecule has 1 fully saturated rings. The van der Waals surface area contributed by atoms with Gasteiger partial charge in [0.15, 0.2) is 0 Å². The molecule has 3 aromatic rings. The number of halogens is 4. The topological polar surface area (TPSA) is 134 Å². The van der Waals surface area contributed by atoms with Gasteiger partial charge in [0.1, 0.15) is 41.2 Å². The van der Waals surface area contributed by atoms with Crippen molar-refractivity contribution in [3.8, 4) is 16.6 Å². The van der Waals surface area contributed by atoms with Gasteiger partial charge in [-0.05, 0) is 18.2 Å². The molecule has 1 aromatic carbocycles. The van der Waals surface area contributed by atoms with Crippen molar-refractivity contribution in [2.24, 2.45) is 0 Å². The minimum atomic E-state index is -4.61. The summed E-state index contributed by atoms with van der Waals surface area (Å²) in [6.45, 7) is -0.587. The van der Waals surface area contributed by atoms with Crippen LogP contribution >= 0.6 is 34.7 Å². The first-order valence-electron chi connectivity index (χ1n) is 9.31. The molecule has 4 rings (SSSR count). The van der Waals surface area contributed by atoms with Crippen LogP contribution in [0.3, 0.4) is 0 Å². The molecule has 0 amide bonds. The Balaban J connectivity index is 1.59. The van der Waals surface area contributed by atoms with Crippen LogP contribution in [0.5, 0.6) is 5.19 Å². The fourth-order valence-corrected chi connectivity index (χ4v) is 5.33. The lowest BCUT2D eigenvalue weighted by Gasteiger charge is -2.41. The molecule has 1 aliphatic heterocycles. The summed E-state index contributed by atoms with van der Waals surface area (Å²) in [6, 6.07) is 2.00. The Morgan fingerprint density at radius 1 is 1.21 bits per heavy atom. The average molecular weight is 525 g/mol. The summed E-state index contributed by atoms with van der Waals surface area (Å²) in [5, 5.41) is 49.4. The minimum Gasteiger partial charge on any atom is -0.486 e. The van der Waals surface area contributed by atoms with Gasteiger partial charge in [0.2, 0.25) is 0 Å². The Hall–Kier alpha value is -1.94. The smallest absolute Gasteiger partial charge is 0.417 e. The fourth-order valence-electron chi connectivity index (χ4n) is 3.33. The molecule has 5 atom stereocenters. The van der Waals surface area contributed by atoms with Crippen molar-refractivity contribution >= 4 is 34.7 Å². The van der Waals surface area contributed by atoms with E-state index < -0.39 is 53.2 Å². The van der Waals surface area contributed by atoms with E-state index in [0.29, 0.717) is 5.69 Å². The van der Waals surface area contributed by atoms with E-state index in [9.17, 15) is 33.6 Å². The first-order chi connectivity index (χ1) is 15.6. The molecule has 0 aliphatic carbocycles. The Morgan fingerprint density at radius 3 is 2.58 bits per heavy atom. The average Bonchev–Trinajstić information content (AvgIpc) is 3.38. The number of hydrogen-bond donors (Lipinski definition) is 4. The van der Waals surface area contributed by atoms with Crippen molar-refractivity contribution in [3.05, 3.63) is 40.4 Å². The van der Waals surface area contributed by atoms with Crippen molar-refractivity contribution in [1.29, 1.82) is 0 Å². The second-order valence-corrected chi connectivity index (χ2v) is 9.47. The Labute approximate surface area is 197 Å². The molecular weight excluding hydrogens is 509 g/mol. The number of alkyl halides is 3. The zero-order chi connectivity index (χ0) is 23.9. The third-order valence-electron chi connectivity index (χ3n) is 4.92. The quantitative estimate of drug-likeness (QED) is 0.397. The summed E-state index contributed by atoms with van der Waals surface area (Å²) < 4.78 is 45.7. The van der Waals surface area contributed by atoms with Gasteiger partial charge < -0.3 is 25.2 Å². The van der Waals surface area contributed by atoms with Crippen LogP contribution in [0.25, 0.3) is 11.4 Å². The molecular formula is C18H16ClF3N4O5S2. The van der Waals surface area contributed by atoms with Gasteiger partial charge in [0.05, 0.1) is 23.4 Å². The summed E-state index contributed by atoms with van der Waals surface area (Å²) >= 11 is 7.64. The molecule has 2 aromatic heterocycles. The summed E-state index contributed by atoms with van der Waals surface area (Å²) in [4.78, 5) is 4.16. The van der Waals surface area contributed by atoms with Gasteiger partial charge >= 0.3 is 6.18 Å². The van der Waals surface area contributed by atoms with E-state index >= 15 is 0 Å². The normalized spacial score (nSPS) is 26.0. The Kier molecular flexibility index (Phi) is 6.87. The molecule has 1 saturated heterocycles. The van der Waals surface area contributed by atoms with Gasteiger partial charge in [-0.2, -0.15) is 13.2 Å². The number of rotatable bonds is 5. The molecule has 0 saturated carbocycles. The second kappa shape index (κ2) is 9.37. The molecule has 15 heteroatoms. The highest BCUT2D eigenvalue weighted by Gasteiger charge is 2.46. The van der Waals surface area contributed by atoms with E-state index in [2.05, 4.69) is 15.3 Å². The molecule has 0 radical (unpaired) electrons. The van der Waals surface area contributed by atoms with Gasteiger partial charge in [0.25, 0.3) is 5.19 Å². The molecule has 4 N–H and O–H groups in total. The number of benzene rings is 1. The minimum absolute atomic E-state index is 0.169. The lowest BCUT2D eigenvalue weighted by atomic mass is 9.97. The van der Waals surface area contributed by atoms with Crippen LogP contribution in [-0.4, -0.2) is 70.8 Å². The SMILES string of the molecule is OCC1O[C@H](Sc2ccc(C(F)(F)F)c(Cl)c2)C(O)C(n2cc(-c3csc(O)n3)nn2)[C@H]1O. The predicted molar refractivity (Wildman–Crippen MR) is 112 cm³/mol. The van der Waals surface area contributed by atoms with Gasteiger partial charge in [-0.25, -0.2) is 9.67 Å². The van der Waals surface area contributed by atoms with E-state index in [0.717, 1.165) is 35.2 Å². The first kappa shape index (κ1) is 24.2. The number of aromatic hydroxyl groups is 1. The summed E-state index contributed by atoms with van der Waals surface area (Å²) in [7, 11) is 0.